The first-order chi connectivity index (χ1) is 7.41. The predicted octanol–water partition coefficient (Wildman–Crippen LogP) is 3.69. The van der Waals surface area contributed by atoms with Crippen LogP contribution in [0.3, 0.4) is 0 Å². The second kappa shape index (κ2) is 5.53. The van der Waals surface area contributed by atoms with Crippen molar-refractivity contribution in [2.24, 2.45) is 0 Å². The fourth-order valence-electron chi connectivity index (χ4n) is 1.08. The third-order valence-electron chi connectivity index (χ3n) is 1.87. The maximum Gasteiger partial charge on any atom is 0.303 e. The number of hydrogen-bond donors (Lipinski definition) is 1. The van der Waals surface area contributed by atoms with Gasteiger partial charge in [-0.1, -0.05) is 34.8 Å². The van der Waals surface area contributed by atoms with E-state index in [1.54, 1.807) is 0 Å². The van der Waals surface area contributed by atoms with Crippen LogP contribution in [0.1, 0.15) is 23.2 Å². The van der Waals surface area contributed by atoms with Gasteiger partial charge in [0.05, 0.1) is 21.5 Å². The normalized spacial score (nSPS) is 10.2. The Labute approximate surface area is 107 Å². The second-order valence-corrected chi connectivity index (χ2v) is 4.26. The number of carbonyl (C=O) groups excluding carboxylic acids is 1. The Bertz CT molecular complexity index is 420. The highest BCUT2D eigenvalue weighted by molar-refractivity contribution is 6.48. The van der Waals surface area contributed by atoms with Gasteiger partial charge in [0, 0.05) is 12.0 Å². The summed E-state index contributed by atoms with van der Waals surface area (Å²) in [5.74, 6) is -1.36. The number of aliphatic carboxylic acids is 1. The van der Waals surface area contributed by atoms with Crippen molar-refractivity contribution in [2.45, 2.75) is 12.8 Å². The lowest BCUT2D eigenvalue weighted by Crippen LogP contribution is -2.03. The van der Waals surface area contributed by atoms with E-state index in [4.69, 9.17) is 39.9 Å². The highest BCUT2D eigenvalue weighted by Gasteiger charge is 2.12. The minimum absolute atomic E-state index is 0.0936. The molecular formula is C10H7Cl3O3. The summed E-state index contributed by atoms with van der Waals surface area (Å²) >= 11 is 17.2. The van der Waals surface area contributed by atoms with Crippen molar-refractivity contribution in [1.29, 1.82) is 0 Å². The van der Waals surface area contributed by atoms with Gasteiger partial charge in [-0.25, -0.2) is 0 Å². The zero-order chi connectivity index (χ0) is 12.3. The number of carbonyl (C=O) groups is 2. The lowest BCUT2D eigenvalue weighted by Gasteiger charge is -2.03. The molecule has 1 rings (SSSR count). The number of carboxylic acids is 1. The van der Waals surface area contributed by atoms with Crippen LogP contribution in [0.2, 0.25) is 15.1 Å². The summed E-state index contributed by atoms with van der Waals surface area (Å²) in [5.41, 5.74) is 0.264. The van der Waals surface area contributed by atoms with Crippen LogP contribution in [0.4, 0.5) is 0 Å². The van der Waals surface area contributed by atoms with Crippen molar-refractivity contribution >= 4 is 46.6 Å². The van der Waals surface area contributed by atoms with Crippen molar-refractivity contribution in [3.05, 3.63) is 32.8 Å². The Morgan fingerprint density at radius 2 is 1.56 bits per heavy atom. The molecule has 0 aromatic heterocycles. The number of carboxylic acid groups (broad SMARTS) is 1. The molecule has 0 fully saturated rings. The number of halogens is 3. The molecule has 1 aromatic rings. The number of Topliss-reactive ketones (excluding diaryl/α,β-unsaturated/α-hetero) is 1. The van der Waals surface area contributed by atoms with Crippen LogP contribution < -0.4 is 0 Å². The highest BCUT2D eigenvalue weighted by Crippen LogP contribution is 2.31. The van der Waals surface area contributed by atoms with Gasteiger partial charge in [0.2, 0.25) is 0 Å². The third kappa shape index (κ3) is 3.37. The van der Waals surface area contributed by atoms with Crippen LogP contribution in [-0.4, -0.2) is 16.9 Å². The fraction of sp³-hybridized carbons (Fsp3) is 0.200. The zero-order valence-corrected chi connectivity index (χ0v) is 10.2. The predicted molar refractivity (Wildman–Crippen MR) is 62.7 cm³/mol. The minimum Gasteiger partial charge on any atom is -0.481 e. The third-order valence-corrected chi connectivity index (χ3v) is 3.07. The summed E-state index contributed by atoms with van der Waals surface area (Å²) in [6.45, 7) is 0. The molecule has 86 valence electrons. The fourth-order valence-corrected chi connectivity index (χ4v) is 1.68. The van der Waals surface area contributed by atoms with Gasteiger partial charge in [-0.2, -0.15) is 0 Å². The van der Waals surface area contributed by atoms with Crippen molar-refractivity contribution in [3.63, 3.8) is 0 Å². The molecule has 0 spiro atoms. The second-order valence-electron chi connectivity index (χ2n) is 3.07. The van der Waals surface area contributed by atoms with Gasteiger partial charge < -0.3 is 5.11 Å². The van der Waals surface area contributed by atoms with Gasteiger partial charge in [0.25, 0.3) is 0 Å². The van der Waals surface area contributed by atoms with Crippen LogP contribution in [-0.2, 0) is 4.79 Å². The maximum absolute atomic E-state index is 11.5. The average molecular weight is 282 g/mol. The standard InChI is InChI=1S/C10H7Cl3O3/c11-6-3-5(4-7(12)10(6)13)8(14)1-2-9(15)16/h3-4H,1-2H2,(H,15,16). The molecular weight excluding hydrogens is 274 g/mol. The van der Waals surface area contributed by atoms with E-state index in [0.717, 1.165) is 0 Å². The topological polar surface area (TPSA) is 54.4 Å². The largest absolute Gasteiger partial charge is 0.481 e. The Hall–Kier alpha value is -0.770. The van der Waals surface area contributed by atoms with E-state index in [2.05, 4.69) is 0 Å². The van der Waals surface area contributed by atoms with Crippen LogP contribution in [0, 0.1) is 0 Å². The first-order valence-electron chi connectivity index (χ1n) is 4.31. The smallest absolute Gasteiger partial charge is 0.303 e. The summed E-state index contributed by atoms with van der Waals surface area (Å²) in [4.78, 5) is 21.8. The van der Waals surface area contributed by atoms with Gasteiger partial charge in [-0.3, -0.25) is 9.59 Å². The molecule has 0 bridgehead atoms. The zero-order valence-electron chi connectivity index (χ0n) is 7.97. The molecule has 0 aliphatic rings. The Balaban J connectivity index is 2.88. The minimum atomic E-state index is -1.03. The van der Waals surface area contributed by atoms with E-state index in [1.165, 1.54) is 12.1 Å². The van der Waals surface area contributed by atoms with E-state index in [1.807, 2.05) is 0 Å². The van der Waals surface area contributed by atoms with Crippen LogP contribution in [0.25, 0.3) is 0 Å². The number of rotatable bonds is 4. The molecule has 6 heteroatoms. The molecule has 0 saturated heterocycles. The lowest BCUT2D eigenvalue weighted by molar-refractivity contribution is -0.136. The van der Waals surface area contributed by atoms with Crippen LogP contribution >= 0.6 is 34.8 Å². The van der Waals surface area contributed by atoms with E-state index >= 15 is 0 Å². The molecule has 0 atom stereocenters. The first kappa shape index (κ1) is 13.3. The van der Waals surface area contributed by atoms with E-state index in [0.29, 0.717) is 0 Å². The van der Waals surface area contributed by atoms with Crippen molar-refractivity contribution in [3.8, 4) is 0 Å². The summed E-state index contributed by atoms with van der Waals surface area (Å²) in [6, 6.07) is 2.75. The Kier molecular flexibility index (Phi) is 4.59. The molecule has 0 saturated carbocycles. The van der Waals surface area contributed by atoms with Crippen LogP contribution in [0.15, 0.2) is 12.1 Å². The molecule has 16 heavy (non-hydrogen) atoms. The molecule has 1 N–H and O–H groups in total. The van der Waals surface area contributed by atoms with Gasteiger partial charge in [-0.15, -0.1) is 0 Å². The maximum atomic E-state index is 11.5. The number of ketones is 1. The SMILES string of the molecule is O=C(O)CCC(=O)c1cc(Cl)c(Cl)c(Cl)c1. The lowest BCUT2D eigenvalue weighted by atomic mass is 10.1. The molecule has 0 heterocycles. The quantitative estimate of drug-likeness (QED) is 0.676. The molecule has 0 unspecified atom stereocenters. The van der Waals surface area contributed by atoms with Gasteiger partial charge in [0.1, 0.15) is 0 Å². The van der Waals surface area contributed by atoms with Crippen molar-refractivity contribution < 1.29 is 14.7 Å². The summed E-state index contributed by atoms with van der Waals surface area (Å²) < 4.78 is 0. The molecule has 0 radical (unpaired) electrons. The van der Waals surface area contributed by atoms with Crippen molar-refractivity contribution in [2.75, 3.05) is 0 Å². The van der Waals surface area contributed by atoms with Crippen LogP contribution in [0.5, 0.6) is 0 Å². The van der Waals surface area contributed by atoms with Gasteiger partial charge in [0.15, 0.2) is 5.78 Å². The summed E-state index contributed by atoms with van der Waals surface area (Å²) in [6.07, 6.45) is -0.319. The van der Waals surface area contributed by atoms with E-state index in [-0.39, 0.29) is 39.3 Å². The Morgan fingerprint density at radius 3 is 2.00 bits per heavy atom. The molecule has 0 amide bonds. The number of hydrogen-bond acceptors (Lipinski definition) is 2. The van der Waals surface area contributed by atoms with Crippen molar-refractivity contribution in [1.82, 2.24) is 0 Å². The first-order valence-corrected chi connectivity index (χ1v) is 5.44. The summed E-state index contributed by atoms with van der Waals surface area (Å²) in [7, 11) is 0. The molecule has 3 nitrogen and oxygen atoms in total. The van der Waals surface area contributed by atoms with Gasteiger partial charge >= 0.3 is 5.97 Å². The molecule has 0 aliphatic heterocycles. The highest BCUT2D eigenvalue weighted by atomic mass is 35.5. The molecule has 1 aromatic carbocycles. The average Bonchev–Trinajstić information content (AvgIpc) is 2.21. The van der Waals surface area contributed by atoms with E-state index < -0.39 is 5.97 Å². The number of benzene rings is 1. The van der Waals surface area contributed by atoms with Gasteiger partial charge in [-0.05, 0) is 12.1 Å². The summed E-state index contributed by atoms with van der Waals surface area (Å²) in [5, 5.41) is 8.96. The van der Waals surface area contributed by atoms with E-state index in [9.17, 15) is 9.59 Å². The Morgan fingerprint density at radius 1 is 1.06 bits per heavy atom. The monoisotopic (exact) mass is 280 g/mol. The molecule has 0 aliphatic carbocycles.